The fraction of sp³-hybridized carbons (Fsp3) is 0.514. The highest BCUT2D eigenvalue weighted by Crippen LogP contribution is 2.19. The van der Waals surface area contributed by atoms with Gasteiger partial charge >= 0.3 is 0 Å². The molecule has 8 N–H and O–H groups in total. The molecule has 0 bridgehead atoms. The largest absolute Gasteiger partial charge is 0.370 e. The molecule has 1 aliphatic heterocycles. The molecule has 1 fully saturated rings. The van der Waals surface area contributed by atoms with Gasteiger partial charge < -0.3 is 32.7 Å². The molecule has 46 heavy (non-hydrogen) atoms. The number of unbranched alkanes of at least 4 members (excludes halogenated alkanes) is 1. The van der Waals surface area contributed by atoms with Crippen molar-refractivity contribution in [3.63, 3.8) is 0 Å². The number of carbonyl (C=O) groups is 4. The van der Waals surface area contributed by atoms with Crippen LogP contribution in [0.25, 0.3) is 0 Å². The molecular formula is C35H51N7O4. The average molecular weight is 634 g/mol. The lowest BCUT2D eigenvalue weighted by Gasteiger charge is -2.27. The Kier molecular flexibility index (Phi) is 15.4. The average Bonchev–Trinajstić information content (AvgIpc) is 3.35. The number of hydrogen-bond acceptors (Lipinski definition) is 7. The second kappa shape index (κ2) is 19.4. The molecule has 2 aromatic carbocycles. The second-order valence-electron chi connectivity index (χ2n) is 12.1. The molecule has 0 spiro atoms. The fourth-order valence-corrected chi connectivity index (χ4v) is 5.70. The summed E-state index contributed by atoms with van der Waals surface area (Å²) >= 11 is 0. The minimum Gasteiger partial charge on any atom is -0.370 e. The first kappa shape index (κ1) is 36.4. The molecule has 0 saturated carbocycles. The number of guanidine groups is 1. The van der Waals surface area contributed by atoms with Crippen LogP contribution in [-0.4, -0.2) is 79.0 Å². The van der Waals surface area contributed by atoms with Gasteiger partial charge in [0.2, 0.25) is 11.8 Å². The van der Waals surface area contributed by atoms with Crippen molar-refractivity contribution in [3.8, 4) is 0 Å². The minimum absolute atomic E-state index is 0.0181. The number of rotatable bonds is 18. The maximum Gasteiger partial charge on any atom is 0.228 e. The standard InChI is InChI=1S/C35H51N7O4/c1-2-3-15-30(32(44)23-28(24-40-35(37)38)34(46)42-18-10-16-39-17-19-42)41-33(45)27(20-25-11-6-4-7-12-25)22-31(43)29(36)21-26-13-8-5-9-14-26/h4-9,11-14,27-30,39H,2-3,10,15-24,36H2,1H3,(H,41,45)(H4,37,38,40)/t27-,28+,29+,30+/m0/s1. The van der Waals surface area contributed by atoms with Crippen LogP contribution in [0.1, 0.15) is 56.6 Å². The van der Waals surface area contributed by atoms with E-state index < -0.39 is 23.9 Å². The first-order valence-electron chi connectivity index (χ1n) is 16.4. The zero-order chi connectivity index (χ0) is 33.3. The molecule has 1 heterocycles. The van der Waals surface area contributed by atoms with Crippen LogP contribution in [0.2, 0.25) is 0 Å². The number of Topliss-reactive ketones (excluding diaryl/α,β-unsaturated/α-hetero) is 2. The number of amides is 2. The number of nitrogens with two attached hydrogens (primary N) is 3. The summed E-state index contributed by atoms with van der Waals surface area (Å²) in [5.41, 5.74) is 19.3. The summed E-state index contributed by atoms with van der Waals surface area (Å²) in [6, 6.07) is 17.4. The van der Waals surface area contributed by atoms with Gasteiger partial charge in [-0.25, -0.2) is 0 Å². The van der Waals surface area contributed by atoms with Gasteiger partial charge in [0.15, 0.2) is 17.5 Å². The molecular weight excluding hydrogens is 582 g/mol. The van der Waals surface area contributed by atoms with Gasteiger partial charge in [-0.05, 0) is 43.4 Å². The van der Waals surface area contributed by atoms with E-state index in [0.717, 1.165) is 30.5 Å². The van der Waals surface area contributed by atoms with Gasteiger partial charge in [-0.2, -0.15) is 0 Å². The summed E-state index contributed by atoms with van der Waals surface area (Å²) in [4.78, 5) is 60.4. The van der Waals surface area contributed by atoms with Crippen molar-refractivity contribution in [2.45, 2.75) is 70.4 Å². The third-order valence-corrected chi connectivity index (χ3v) is 8.35. The van der Waals surface area contributed by atoms with E-state index in [4.69, 9.17) is 17.2 Å². The van der Waals surface area contributed by atoms with Gasteiger partial charge in [-0.15, -0.1) is 0 Å². The van der Waals surface area contributed by atoms with E-state index in [9.17, 15) is 19.2 Å². The Morgan fingerprint density at radius 3 is 2.13 bits per heavy atom. The van der Waals surface area contributed by atoms with Gasteiger partial charge in [0.25, 0.3) is 0 Å². The van der Waals surface area contributed by atoms with Crippen LogP contribution in [-0.2, 0) is 32.0 Å². The zero-order valence-corrected chi connectivity index (χ0v) is 27.0. The molecule has 0 radical (unpaired) electrons. The highest BCUT2D eigenvalue weighted by molar-refractivity contribution is 5.95. The van der Waals surface area contributed by atoms with E-state index in [1.165, 1.54) is 0 Å². The van der Waals surface area contributed by atoms with E-state index in [-0.39, 0.29) is 48.7 Å². The van der Waals surface area contributed by atoms with Crippen LogP contribution in [0.3, 0.4) is 0 Å². The number of aliphatic imine (C=N–C) groups is 1. The molecule has 0 aromatic heterocycles. The number of ketones is 2. The summed E-state index contributed by atoms with van der Waals surface area (Å²) in [7, 11) is 0. The van der Waals surface area contributed by atoms with Gasteiger partial charge in [0, 0.05) is 38.4 Å². The van der Waals surface area contributed by atoms with E-state index in [1.54, 1.807) is 4.90 Å². The molecule has 2 amide bonds. The summed E-state index contributed by atoms with van der Waals surface area (Å²) in [6.45, 7) is 4.58. The molecule has 0 unspecified atom stereocenters. The molecule has 1 saturated heterocycles. The van der Waals surface area contributed by atoms with Crippen molar-refractivity contribution in [1.29, 1.82) is 0 Å². The third kappa shape index (κ3) is 12.4. The van der Waals surface area contributed by atoms with Crippen LogP contribution < -0.4 is 27.8 Å². The number of nitrogens with one attached hydrogen (secondary N) is 2. The second-order valence-corrected chi connectivity index (χ2v) is 12.1. The SMILES string of the molecule is CCCC[C@@H](NC(=O)[C@H](CC(=O)[C@H](N)Cc1ccccc1)Cc1ccccc1)C(=O)C[C@H](CN=C(N)N)C(=O)N1CCCNCC1. The Balaban J connectivity index is 1.77. The number of nitrogens with zero attached hydrogens (tertiary/aromatic N) is 2. The van der Waals surface area contributed by atoms with E-state index in [0.29, 0.717) is 45.3 Å². The van der Waals surface area contributed by atoms with Crippen LogP contribution in [0, 0.1) is 11.8 Å². The van der Waals surface area contributed by atoms with Gasteiger partial charge in [-0.3, -0.25) is 24.2 Å². The lowest BCUT2D eigenvalue weighted by molar-refractivity contribution is -0.138. The third-order valence-electron chi connectivity index (χ3n) is 8.35. The maximum absolute atomic E-state index is 13.9. The summed E-state index contributed by atoms with van der Waals surface area (Å²) in [5.74, 6) is -2.68. The number of carbonyl (C=O) groups excluding carboxylic acids is 4. The number of benzene rings is 2. The highest BCUT2D eigenvalue weighted by atomic mass is 16.2. The number of hydrogen-bond donors (Lipinski definition) is 5. The highest BCUT2D eigenvalue weighted by Gasteiger charge is 2.32. The van der Waals surface area contributed by atoms with Crippen molar-refractivity contribution in [2.75, 3.05) is 32.7 Å². The summed E-state index contributed by atoms with van der Waals surface area (Å²) in [5, 5.41) is 6.24. The summed E-state index contributed by atoms with van der Waals surface area (Å²) in [6.07, 6.45) is 3.26. The molecule has 4 atom stereocenters. The van der Waals surface area contributed by atoms with E-state index in [1.807, 2.05) is 67.6 Å². The first-order chi connectivity index (χ1) is 22.2. The van der Waals surface area contributed by atoms with Gasteiger partial charge in [0.1, 0.15) is 0 Å². The molecule has 1 aliphatic rings. The van der Waals surface area contributed by atoms with Crippen LogP contribution in [0.15, 0.2) is 65.7 Å². The van der Waals surface area contributed by atoms with Crippen LogP contribution >= 0.6 is 0 Å². The summed E-state index contributed by atoms with van der Waals surface area (Å²) < 4.78 is 0. The monoisotopic (exact) mass is 633 g/mol. The minimum atomic E-state index is -0.820. The Labute approximate surface area is 272 Å². The quantitative estimate of drug-likeness (QED) is 0.121. The van der Waals surface area contributed by atoms with Crippen LogP contribution in [0.4, 0.5) is 0 Å². The fourth-order valence-electron chi connectivity index (χ4n) is 5.70. The Bertz CT molecular complexity index is 1280. The van der Waals surface area contributed by atoms with E-state index in [2.05, 4.69) is 15.6 Å². The topological polar surface area (TPSA) is 186 Å². The molecule has 11 nitrogen and oxygen atoms in total. The Morgan fingerprint density at radius 1 is 0.870 bits per heavy atom. The first-order valence-corrected chi connectivity index (χ1v) is 16.4. The smallest absolute Gasteiger partial charge is 0.228 e. The molecule has 3 rings (SSSR count). The van der Waals surface area contributed by atoms with E-state index >= 15 is 0 Å². The predicted molar refractivity (Wildman–Crippen MR) is 181 cm³/mol. The zero-order valence-electron chi connectivity index (χ0n) is 27.0. The molecule has 11 heteroatoms. The van der Waals surface area contributed by atoms with Crippen molar-refractivity contribution in [1.82, 2.24) is 15.5 Å². The Morgan fingerprint density at radius 2 is 1.50 bits per heavy atom. The Hall–Kier alpha value is -4.09. The van der Waals surface area contributed by atoms with Gasteiger partial charge in [0.05, 0.1) is 24.5 Å². The van der Waals surface area contributed by atoms with Crippen molar-refractivity contribution < 1.29 is 19.2 Å². The molecule has 0 aliphatic carbocycles. The maximum atomic E-state index is 13.9. The lowest BCUT2D eigenvalue weighted by atomic mass is 9.89. The van der Waals surface area contributed by atoms with Crippen molar-refractivity contribution in [2.24, 2.45) is 34.0 Å². The molecule has 2 aromatic rings. The van der Waals surface area contributed by atoms with Crippen LogP contribution in [0.5, 0.6) is 0 Å². The van der Waals surface area contributed by atoms with Gasteiger partial charge in [-0.1, -0.05) is 80.4 Å². The predicted octanol–water partition coefficient (Wildman–Crippen LogP) is 1.72. The van der Waals surface area contributed by atoms with Crippen molar-refractivity contribution >= 4 is 29.3 Å². The normalized spacial score (nSPS) is 15.9. The lowest BCUT2D eigenvalue weighted by Crippen LogP contribution is -2.47. The van der Waals surface area contributed by atoms with Crippen molar-refractivity contribution in [3.05, 3.63) is 71.8 Å². The molecule has 250 valence electrons.